The lowest BCUT2D eigenvalue weighted by molar-refractivity contribution is 0.480. The fraction of sp³-hybridized carbons (Fsp3) is 0.538. The molecule has 0 aromatic heterocycles. The number of primary sulfonamides is 1. The molecule has 0 bridgehead atoms. The first-order valence-corrected chi connectivity index (χ1v) is 8.54. The Morgan fingerprint density at radius 2 is 1.95 bits per heavy atom. The highest BCUT2D eigenvalue weighted by molar-refractivity contribution is 7.89. The summed E-state index contributed by atoms with van der Waals surface area (Å²) < 4.78 is 21.7. The number of nitrogens with one attached hydrogen (secondary N) is 1. The van der Waals surface area contributed by atoms with Gasteiger partial charge in [0.15, 0.2) is 0 Å². The van der Waals surface area contributed by atoms with E-state index in [0.717, 1.165) is 5.02 Å². The SMILES string of the molecule is NS(=O)(=O)CCCNC(c1ccc(Cl)cc1)C1CC1. The maximum atomic E-state index is 10.9. The number of hydrogen-bond donors (Lipinski definition) is 2. The highest BCUT2D eigenvalue weighted by Gasteiger charge is 2.31. The third-order valence-electron chi connectivity index (χ3n) is 3.29. The van der Waals surface area contributed by atoms with Crippen molar-refractivity contribution in [1.29, 1.82) is 0 Å². The highest BCUT2D eigenvalue weighted by Crippen LogP contribution is 2.41. The molecule has 1 aliphatic rings. The summed E-state index contributed by atoms with van der Waals surface area (Å²) in [4.78, 5) is 0. The van der Waals surface area contributed by atoms with Crippen molar-refractivity contribution < 1.29 is 8.42 Å². The van der Waals surface area contributed by atoms with Gasteiger partial charge >= 0.3 is 0 Å². The summed E-state index contributed by atoms with van der Waals surface area (Å²) in [6.45, 7) is 0.653. The molecular weight excluding hydrogens is 284 g/mol. The fourth-order valence-corrected chi connectivity index (χ4v) is 2.86. The fourth-order valence-electron chi connectivity index (χ4n) is 2.19. The van der Waals surface area contributed by atoms with Crippen LogP contribution in [0.1, 0.15) is 30.9 Å². The van der Waals surface area contributed by atoms with Crippen LogP contribution in [0.5, 0.6) is 0 Å². The van der Waals surface area contributed by atoms with Crippen molar-refractivity contribution in [2.75, 3.05) is 12.3 Å². The minimum Gasteiger partial charge on any atom is -0.310 e. The van der Waals surface area contributed by atoms with Crippen molar-refractivity contribution in [2.45, 2.75) is 25.3 Å². The Morgan fingerprint density at radius 3 is 2.47 bits per heavy atom. The van der Waals surface area contributed by atoms with Gasteiger partial charge in [0.1, 0.15) is 0 Å². The average Bonchev–Trinajstić information content (AvgIpc) is 3.14. The third-order valence-corrected chi connectivity index (χ3v) is 4.40. The van der Waals surface area contributed by atoms with Crippen LogP contribution < -0.4 is 10.5 Å². The number of nitrogens with two attached hydrogens (primary N) is 1. The summed E-state index contributed by atoms with van der Waals surface area (Å²) in [5.74, 6) is 0.675. The molecule has 106 valence electrons. The zero-order chi connectivity index (χ0) is 13.9. The van der Waals surface area contributed by atoms with Gasteiger partial charge < -0.3 is 5.32 Å². The van der Waals surface area contributed by atoms with Crippen LogP contribution in [0.3, 0.4) is 0 Å². The van der Waals surface area contributed by atoms with Gasteiger partial charge in [0.25, 0.3) is 0 Å². The molecule has 1 aromatic carbocycles. The van der Waals surface area contributed by atoms with Gasteiger partial charge in [-0.3, -0.25) is 0 Å². The zero-order valence-corrected chi connectivity index (χ0v) is 12.3. The van der Waals surface area contributed by atoms with Crippen LogP contribution in [0.25, 0.3) is 0 Å². The second-order valence-electron chi connectivity index (χ2n) is 5.04. The second kappa shape index (κ2) is 6.22. The predicted octanol–water partition coefficient (Wildman–Crippen LogP) is 2.06. The molecule has 0 amide bonds. The first-order valence-electron chi connectivity index (χ1n) is 6.45. The predicted molar refractivity (Wildman–Crippen MR) is 77.5 cm³/mol. The number of rotatable bonds is 7. The standard InChI is InChI=1S/C13H19ClN2O2S/c14-12-6-4-11(5-7-12)13(10-2-3-10)16-8-1-9-19(15,17)18/h4-7,10,13,16H,1-3,8-9H2,(H2,15,17,18). The Kier molecular flexibility index (Phi) is 4.84. The molecule has 2 rings (SSSR count). The number of benzene rings is 1. The van der Waals surface area contributed by atoms with Crippen LogP contribution in [-0.4, -0.2) is 20.7 Å². The Bertz CT molecular complexity index is 512. The van der Waals surface area contributed by atoms with Crippen LogP contribution >= 0.6 is 11.6 Å². The van der Waals surface area contributed by atoms with E-state index in [1.54, 1.807) is 0 Å². The van der Waals surface area contributed by atoms with Crippen molar-refractivity contribution in [1.82, 2.24) is 5.32 Å². The molecule has 4 nitrogen and oxygen atoms in total. The lowest BCUT2D eigenvalue weighted by atomic mass is 10.0. The van der Waals surface area contributed by atoms with E-state index in [1.807, 2.05) is 24.3 Å². The molecule has 0 spiro atoms. The highest BCUT2D eigenvalue weighted by atomic mass is 35.5. The minimum absolute atomic E-state index is 0.0258. The Balaban J connectivity index is 1.88. The van der Waals surface area contributed by atoms with Crippen molar-refractivity contribution >= 4 is 21.6 Å². The van der Waals surface area contributed by atoms with E-state index < -0.39 is 10.0 Å². The number of sulfonamides is 1. The van der Waals surface area contributed by atoms with Crippen molar-refractivity contribution in [2.24, 2.45) is 11.1 Å². The second-order valence-corrected chi connectivity index (χ2v) is 7.21. The van der Waals surface area contributed by atoms with Crippen LogP contribution in [0.4, 0.5) is 0 Å². The Labute approximate surface area is 119 Å². The van der Waals surface area contributed by atoms with Gasteiger partial charge in [-0.2, -0.15) is 0 Å². The quantitative estimate of drug-likeness (QED) is 0.757. The van der Waals surface area contributed by atoms with E-state index in [-0.39, 0.29) is 11.8 Å². The molecule has 0 radical (unpaired) electrons. The minimum atomic E-state index is -3.35. The summed E-state index contributed by atoms with van der Waals surface area (Å²) in [5.41, 5.74) is 1.21. The Morgan fingerprint density at radius 1 is 1.32 bits per heavy atom. The van der Waals surface area contributed by atoms with Gasteiger partial charge in [-0.15, -0.1) is 0 Å². The first-order chi connectivity index (χ1) is 8.96. The maximum absolute atomic E-state index is 10.9. The third kappa shape index (κ3) is 5.10. The van der Waals surface area contributed by atoms with Gasteiger partial charge in [0.05, 0.1) is 5.75 Å². The van der Waals surface area contributed by atoms with Crippen LogP contribution in [0.15, 0.2) is 24.3 Å². The zero-order valence-electron chi connectivity index (χ0n) is 10.7. The molecule has 6 heteroatoms. The lowest BCUT2D eigenvalue weighted by Gasteiger charge is -2.18. The van der Waals surface area contributed by atoms with E-state index in [0.29, 0.717) is 18.9 Å². The summed E-state index contributed by atoms with van der Waals surface area (Å²) in [5, 5.41) is 9.14. The molecule has 1 aromatic rings. The molecule has 0 saturated heterocycles. The van der Waals surface area contributed by atoms with Crippen LogP contribution in [-0.2, 0) is 10.0 Å². The Hall–Kier alpha value is -0.620. The van der Waals surface area contributed by atoms with E-state index in [4.69, 9.17) is 16.7 Å². The molecule has 0 heterocycles. The summed E-state index contributed by atoms with van der Waals surface area (Å²) in [6.07, 6.45) is 2.97. The molecule has 1 unspecified atom stereocenters. The van der Waals surface area contributed by atoms with Gasteiger partial charge in [-0.05, 0) is 49.4 Å². The van der Waals surface area contributed by atoms with Crippen molar-refractivity contribution in [3.8, 4) is 0 Å². The van der Waals surface area contributed by atoms with Gasteiger partial charge in [-0.25, -0.2) is 13.6 Å². The van der Waals surface area contributed by atoms with Gasteiger partial charge in [0.2, 0.25) is 10.0 Å². The first kappa shape index (κ1) is 14.8. The van der Waals surface area contributed by atoms with Gasteiger partial charge in [-0.1, -0.05) is 23.7 Å². The average molecular weight is 303 g/mol. The van der Waals surface area contributed by atoms with E-state index in [9.17, 15) is 8.42 Å². The van der Waals surface area contributed by atoms with Crippen LogP contribution in [0.2, 0.25) is 5.02 Å². The maximum Gasteiger partial charge on any atom is 0.209 e. The number of hydrogen-bond acceptors (Lipinski definition) is 3. The lowest BCUT2D eigenvalue weighted by Crippen LogP contribution is -2.27. The normalized spacial score (nSPS) is 17.4. The van der Waals surface area contributed by atoms with Crippen molar-refractivity contribution in [3.63, 3.8) is 0 Å². The largest absolute Gasteiger partial charge is 0.310 e. The smallest absolute Gasteiger partial charge is 0.209 e. The molecular formula is C13H19ClN2O2S. The molecule has 1 saturated carbocycles. The summed E-state index contributed by atoms with van der Waals surface area (Å²) >= 11 is 5.89. The molecule has 1 fully saturated rings. The van der Waals surface area contributed by atoms with E-state index >= 15 is 0 Å². The summed E-state index contributed by atoms with van der Waals surface area (Å²) in [7, 11) is -3.35. The van der Waals surface area contributed by atoms with Crippen molar-refractivity contribution in [3.05, 3.63) is 34.9 Å². The van der Waals surface area contributed by atoms with Crippen LogP contribution in [0, 0.1) is 5.92 Å². The molecule has 1 atom stereocenters. The molecule has 3 N–H and O–H groups in total. The van der Waals surface area contributed by atoms with E-state index in [2.05, 4.69) is 5.32 Å². The molecule has 0 aliphatic heterocycles. The molecule has 1 aliphatic carbocycles. The van der Waals surface area contributed by atoms with Gasteiger partial charge in [0, 0.05) is 11.1 Å². The monoisotopic (exact) mass is 302 g/mol. The number of halogens is 1. The summed E-state index contributed by atoms with van der Waals surface area (Å²) in [6, 6.07) is 8.12. The van der Waals surface area contributed by atoms with E-state index in [1.165, 1.54) is 18.4 Å². The molecule has 19 heavy (non-hydrogen) atoms. The topological polar surface area (TPSA) is 72.2 Å².